The lowest BCUT2D eigenvalue weighted by Gasteiger charge is -2.32. The Morgan fingerprint density at radius 2 is 1.93 bits per heavy atom. The van der Waals surface area contributed by atoms with E-state index in [0.29, 0.717) is 12.8 Å². The maximum atomic E-state index is 11.9. The van der Waals surface area contributed by atoms with Crippen molar-refractivity contribution < 1.29 is 19.5 Å². The van der Waals surface area contributed by atoms with Gasteiger partial charge in [-0.15, -0.1) is 0 Å². The maximum absolute atomic E-state index is 11.9. The van der Waals surface area contributed by atoms with Gasteiger partial charge in [0.05, 0.1) is 7.11 Å². The maximum Gasteiger partial charge on any atom is 0.271 e. The molecule has 0 aromatic heterocycles. The monoisotopic (exact) mass is 215 g/mol. The first-order chi connectivity index (χ1) is 7.02. The van der Waals surface area contributed by atoms with Crippen LogP contribution in [0, 0.1) is 0 Å². The van der Waals surface area contributed by atoms with Crippen LogP contribution in [0.15, 0.2) is 0 Å². The highest BCUT2D eigenvalue weighted by Crippen LogP contribution is 2.31. The van der Waals surface area contributed by atoms with E-state index in [1.165, 1.54) is 14.2 Å². The molecule has 2 amide bonds. The average molecular weight is 215 g/mol. The van der Waals surface area contributed by atoms with Crippen LogP contribution in [0.5, 0.6) is 0 Å². The molecule has 15 heavy (non-hydrogen) atoms. The second-order valence-corrected chi connectivity index (χ2v) is 3.69. The number of carbonyl (C=O) groups excluding carboxylic acids is 2. The number of hydroxylamine groups is 2. The van der Waals surface area contributed by atoms with Crippen LogP contribution in [-0.4, -0.2) is 36.8 Å². The van der Waals surface area contributed by atoms with Gasteiger partial charge < -0.3 is 15.2 Å². The largest absolute Gasteiger partial charge is 0.530 e. The van der Waals surface area contributed by atoms with Gasteiger partial charge in [-0.2, -0.15) is 0 Å². The quantitative estimate of drug-likeness (QED) is 0.628. The van der Waals surface area contributed by atoms with Crippen LogP contribution in [0.1, 0.15) is 25.7 Å². The summed E-state index contributed by atoms with van der Waals surface area (Å²) in [5, 5.41) is 13.8. The summed E-state index contributed by atoms with van der Waals surface area (Å²) in [6.07, 6.45) is 1.21. The molecule has 1 N–H and O–H groups in total. The molecule has 0 saturated heterocycles. The average Bonchev–Trinajstić information content (AvgIpc) is 2.64. The minimum absolute atomic E-state index is 0.369. The molecule has 1 aliphatic carbocycles. The Balaban J connectivity index is 2.81. The Labute approximate surface area is 88.1 Å². The fraction of sp³-hybridized carbons (Fsp3) is 0.778. The summed E-state index contributed by atoms with van der Waals surface area (Å²) in [5.41, 5.74) is -1.05. The molecular weight excluding hydrogens is 200 g/mol. The van der Waals surface area contributed by atoms with Crippen molar-refractivity contribution in [3.8, 4) is 0 Å². The summed E-state index contributed by atoms with van der Waals surface area (Å²) >= 11 is 0. The lowest BCUT2D eigenvalue weighted by atomic mass is 9.96. The second-order valence-electron chi connectivity index (χ2n) is 3.69. The molecule has 1 aliphatic rings. The van der Waals surface area contributed by atoms with Gasteiger partial charge >= 0.3 is 0 Å². The fourth-order valence-electron chi connectivity index (χ4n) is 1.95. The van der Waals surface area contributed by atoms with E-state index >= 15 is 0 Å². The van der Waals surface area contributed by atoms with Gasteiger partial charge in [0.15, 0.2) is 0 Å². The van der Waals surface area contributed by atoms with Gasteiger partial charge in [0.2, 0.25) is 0 Å². The van der Waals surface area contributed by atoms with Gasteiger partial charge in [-0.05, 0) is 12.8 Å². The van der Waals surface area contributed by atoms with Crippen molar-refractivity contribution in [2.75, 3.05) is 14.2 Å². The third kappa shape index (κ3) is 2.38. The molecule has 0 spiro atoms. The van der Waals surface area contributed by atoms with Gasteiger partial charge in [0.1, 0.15) is 11.6 Å². The van der Waals surface area contributed by atoms with Crippen LogP contribution in [0.25, 0.3) is 0 Å². The summed E-state index contributed by atoms with van der Waals surface area (Å²) in [6, 6.07) is 0. The highest BCUT2D eigenvalue weighted by molar-refractivity contribution is 5.88. The van der Waals surface area contributed by atoms with E-state index in [1.807, 2.05) is 0 Å². The second kappa shape index (κ2) is 4.48. The summed E-state index contributed by atoms with van der Waals surface area (Å²) in [6.45, 7) is 0. The topological polar surface area (TPSA) is 81.7 Å². The van der Waals surface area contributed by atoms with Crippen LogP contribution in [-0.2, 0) is 9.63 Å². The van der Waals surface area contributed by atoms with Crippen molar-refractivity contribution in [3.05, 3.63) is 0 Å². The lowest BCUT2D eigenvalue weighted by molar-refractivity contribution is -0.253. The Morgan fingerprint density at radius 3 is 2.33 bits per heavy atom. The molecule has 1 fully saturated rings. The third-order valence-electron chi connectivity index (χ3n) is 2.77. The number of amides is 2. The Morgan fingerprint density at radius 1 is 1.40 bits per heavy atom. The molecule has 0 radical (unpaired) electrons. The number of nitrogens with zero attached hydrogens (tertiary/aromatic N) is 1. The first-order valence-electron chi connectivity index (χ1n) is 4.83. The molecule has 0 atom stereocenters. The Bertz CT molecular complexity index is 261. The number of carbonyl (C=O) groups is 2. The molecule has 86 valence electrons. The summed E-state index contributed by atoms with van der Waals surface area (Å²) in [5.74, 6) is -0.369. The molecule has 0 unspecified atom stereocenters. The minimum Gasteiger partial charge on any atom is -0.530 e. The molecular formula is C9H15N2O4-. The summed E-state index contributed by atoms with van der Waals surface area (Å²) < 4.78 is 0. The Kier molecular flexibility index (Phi) is 3.52. The Hall–Kier alpha value is -1.30. The van der Waals surface area contributed by atoms with Crippen LogP contribution in [0.3, 0.4) is 0 Å². The van der Waals surface area contributed by atoms with Crippen molar-refractivity contribution in [3.63, 3.8) is 0 Å². The lowest BCUT2D eigenvalue weighted by Crippen LogP contribution is -2.60. The van der Waals surface area contributed by atoms with E-state index in [2.05, 4.69) is 5.32 Å². The standard InChI is InChI=1S/C9H16N2O4/c1-11(15-2)7(12)9(10-8(13)14)5-3-4-6-9/h10H,3-6H2,1-2H3,(H,13,14)/p-1. The van der Waals surface area contributed by atoms with Crippen LogP contribution < -0.4 is 10.4 Å². The number of hydrogen-bond donors (Lipinski definition) is 1. The van der Waals surface area contributed by atoms with Crippen molar-refractivity contribution >= 4 is 12.0 Å². The molecule has 1 saturated carbocycles. The molecule has 0 bridgehead atoms. The zero-order valence-corrected chi connectivity index (χ0v) is 8.91. The SMILES string of the molecule is CON(C)C(=O)C1(NC(=O)[O-])CCCC1. The van der Waals surface area contributed by atoms with E-state index in [-0.39, 0.29) is 5.91 Å². The summed E-state index contributed by atoms with van der Waals surface area (Å²) in [4.78, 5) is 27.2. The highest BCUT2D eigenvalue weighted by Gasteiger charge is 2.43. The van der Waals surface area contributed by atoms with Crippen LogP contribution in [0.4, 0.5) is 4.79 Å². The molecule has 1 rings (SSSR count). The zero-order chi connectivity index (χ0) is 11.5. The highest BCUT2D eigenvalue weighted by atomic mass is 16.7. The molecule has 0 aromatic carbocycles. The first kappa shape index (κ1) is 11.8. The minimum atomic E-state index is -1.42. The van der Waals surface area contributed by atoms with Crippen molar-refractivity contribution in [2.24, 2.45) is 0 Å². The molecule has 6 heteroatoms. The van der Waals surface area contributed by atoms with Gasteiger partial charge in [0, 0.05) is 7.05 Å². The van der Waals surface area contributed by atoms with E-state index in [9.17, 15) is 14.7 Å². The van der Waals surface area contributed by atoms with Crippen LogP contribution in [0.2, 0.25) is 0 Å². The van der Waals surface area contributed by atoms with Gasteiger partial charge in [-0.3, -0.25) is 9.63 Å². The fourth-order valence-corrected chi connectivity index (χ4v) is 1.95. The molecule has 6 nitrogen and oxygen atoms in total. The first-order valence-corrected chi connectivity index (χ1v) is 4.83. The van der Waals surface area contributed by atoms with Crippen molar-refractivity contribution in [1.29, 1.82) is 0 Å². The van der Waals surface area contributed by atoms with Crippen LogP contribution >= 0.6 is 0 Å². The number of likely N-dealkylation sites (N-methyl/N-ethyl adjacent to an activating group) is 1. The smallest absolute Gasteiger partial charge is 0.271 e. The zero-order valence-electron chi connectivity index (χ0n) is 8.91. The van der Waals surface area contributed by atoms with E-state index < -0.39 is 11.6 Å². The third-order valence-corrected chi connectivity index (χ3v) is 2.77. The predicted molar refractivity (Wildman–Crippen MR) is 49.5 cm³/mol. The number of carboxylic acid groups (broad SMARTS) is 1. The number of hydrogen-bond acceptors (Lipinski definition) is 4. The number of nitrogens with one attached hydrogen (secondary N) is 1. The normalized spacial score (nSPS) is 18.5. The van der Waals surface area contributed by atoms with Crippen molar-refractivity contribution in [1.82, 2.24) is 10.4 Å². The van der Waals surface area contributed by atoms with Crippen molar-refractivity contribution in [2.45, 2.75) is 31.2 Å². The van der Waals surface area contributed by atoms with Gasteiger partial charge in [-0.25, -0.2) is 5.06 Å². The van der Waals surface area contributed by atoms with Gasteiger partial charge in [0.25, 0.3) is 5.91 Å². The van der Waals surface area contributed by atoms with E-state index in [0.717, 1.165) is 17.9 Å². The molecule has 0 heterocycles. The predicted octanol–water partition coefficient (Wildman–Crippen LogP) is -0.748. The summed E-state index contributed by atoms with van der Waals surface area (Å²) in [7, 11) is 2.82. The molecule has 0 aromatic rings. The van der Waals surface area contributed by atoms with Gasteiger partial charge in [-0.1, -0.05) is 12.8 Å². The van der Waals surface area contributed by atoms with E-state index in [4.69, 9.17) is 4.84 Å². The molecule has 0 aliphatic heterocycles. The number of rotatable bonds is 3. The van der Waals surface area contributed by atoms with E-state index in [1.54, 1.807) is 0 Å².